The van der Waals surface area contributed by atoms with Gasteiger partial charge in [-0.05, 0) is 77.0 Å². The average Bonchev–Trinajstić information content (AvgIpc) is 3.43. The van der Waals surface area contributed by atoms with Gasteiger partial charge >= 0.3 is 17.9 Å². The summed E-state index contributed by atoms with van der Waals surface area (Å²) in [5.41, 5.74) is 0. The van der Waals surface area contributed by atoms with Crippen molar-refractivity contribution in [3.8, 4) is 0 Å². The monoisotopic (exact) mass is 1120 g/mol. The van der Waals surface area contributed by atoms with Crippen LogP contribution in [0.5, 0.6) is 0 Å². The van der Waals surface area contributed by atoms with Crippen LogP contribution < -0.4 is 0 Å². The number of hydrogen-bond donors (Lipinski definition) is 1. The van der Waals surface area contributed by atoms with Gasteiger partial charge in [-0.25, -0.2) is 4.79 Å². The molecule has 0 bridgehead atoms. The predicted octanol–water partition coefficient (Wildman–Crippen LogP) is 20.1. The van der Waals surface area contributed by atoms with Crippen LogP contribution in [0, 0.1) is 0 Å². The standard InChI is InChI=1S/C71H123NO8/c1-6-8-10-12-14-16-18-20-22-24-26-28-30-32-34-35-36-38-40-42-44-46-48-50-52-54-56-58-60-62-69(74)80-67(66-79-71(70(75)76)77-64-63-72(3,4)5)65-78-68(73)61-59-57-55-53-51-49-47-45-43-41-39-37-33-31-29-27-25-23-21-19-17-15-13-11-9-7-2/h8,10,14,16,20,22,26,28,32,34,36,38,42,44,48,50,67,71H,6-7,9,11-13,15,17-19,21,23-25,27,29-31,33,35,37,39-41,43,45-47,49,51-66H2,1-5H3/p+1/b10-8-,16-14-,22-20-,28-26-,34-32-,38-36-,44-42-,50-48-. The van der Waals surface area contributed by atoms with E-state index in [2.05, 4.69) is 111 Å². The van der Waals surface area contributed by atoms with Gasteiger partial charge in [0.25, 0.3) is 6.29 Å². The number of likely N-dealkylation sites (N-methyl/N-ethyl adjacent to an activating group) is 1. The van der Waals surface area contributed by atoms with Crippen molar-refractivity contribution in [2.24, 2.45) is 0 Å². The highest BCUT2D eigenvalue weighted by Crippen LogP contribution is 2.17. The molecule has 0 aliphatic rings. The number of carboxylic acid groups (broad SMARTS) is 1. The Bertz CT molecular complexity index is 1630. The SMILES string of the molecule is CC/C=C\C/C=C\C/C=C\C/C=C\C/C=C\C/C=C\C/C=C\C/C=C\CCCCCCC(=O)OC(COC(=O)CCCCCCCCCCCCCCCCCCCCCCCCCCCC)COC(OCC[N+](C)(C)C)C(=O)O. The third kappa shape index (κ3) is 61.8. The van der Waals surface area contributed by atoms with Crippen LogP contribution in [-0.2, 0) is 33.3 Å². The second kappa shape index (κ2) is 61.3. The van der Waals surface area contributed by atoms with Crippen molar-refractivity contribution in [3.63, 3.8) is 0 Å². The van der Waals surface area contributed by atoms with Crippen LogP contribution in [0.2, 0.25) is 0 Å². The molecule has 2 unspecified atom stereocenters. The fourth-order valence-corrected chi connectivity index (χ4v) is 9.09. The van der Waals surface area contributed by atoms with Crippen molar-refractivity contribution < 1.29 is 42.9 Å². The van der Waals surface area contributed by atoms with E-state index in [0.29, 0.717) is 23.9 Å². The third-order valence-corrected chi connectivity index (χ3v) is 14.1. The van der Waals surface area contributed by atoms with E-state index in [4.69, 9.17) is 18.9 Å². The van der Waals surface area contributed by atoms with E-state index in [-0.39, 0.29) is 32.2 Å². The largest absolute Gasteiger partial charge is 0.477 e. The molecule has 80 heavy (non-hydrogen) atoms. The number of carbonyl (C=O) groups is 3. The zero-order valence-electron chi connectivity index (χ0n) is 52.5. The number of hydrogen-bond acceptors (Lipinski definition) is 7. The molecule has 0 rings (SSSR count). The summed E-state index contributed by atoms with van der Waals surface area (Å²) in [5, 5.41) is 9.73. The highest BCUT2D eigenvalue weighted by Gasteiger charge is 2.25. The number of esters is 2. The van der Waals surface area contributed by atoms with E-state index in [1.165, 1.54) is 148 Å². The summed E-state index contributed by atoms with van der Waals surface area (Å²) in [5.74, 6) is -2.04. The normalized spacial score (nSPS) is 13.4. The first-order valence-corrected chi connectivity index (χ1v) is 32.9. The molecule has 0 spiro atoms. The first kappa shape index (κ1) is 76.2. The van der Waals surface area contributed by atoms with Gasteiger partial charge in [-0.1, -0.05) is 284 Å². The molecule has 2 atom stereocenters. The van der Waals surface area contributed by atoms with Crippen LogP contribution in [0.3, 0.4) is 0 Å². The van der Waals surface area contributed by atoms with Gasteiger partial charge in [0, 0.05) is 12.8 Å². The Hall–Kier alpha value is -3.79. The van der Waals surface area contributed by atoms with Gasteiger partial charge < -0.3 is 28.5 Å². The van der Waals surface area contributed by atoms with Gasteiger partial charge in [0.1, 0.15) is 13.2 Å². The van der Waals surface area contributed by atoms with E-state index >= 15 is 0 Å². The zero-order valence-corrected chi connectivity index (χ0v) is 52.5. The molecule has 0 radical (unpaired) electrons. The van der Waals surface area contributed by atoms with Gasteiger partial charge in [-0.2, -0.15) is 0 Å². The Balaban J connectivity index is 4.24. The minimum Gasteiger partial charge on any atom is -0.477 e. The molecule has 0 amide bonds. The van der Waals surface area contributed by atoms with E-state index in [0.717, 1.165) is 96.3 Å². The van der Waals surface area contributed by atoms with Crippen LogP contribution in [0.15, 0.2) is 97.2 Å². The fourth-order valence-electron chi connectivity index (χ4n) is 9.09. The lowest BCUT2D eigenvalue weighted by molar-refractivity contribution is -0.870. The maximum absolute atomic E-state index is 12.9. The Morgan fingerprint density at radius 1 is 0.388 bits per heavy atom. The summed E-state index contributed by atoms with van der Waals surface area (Å²) in [4.78, 5) is 37.6. The third-order valence-electron chi connectivity index (χ3n) is 14.1. The Labute approximate surface area is 492 Å². The zero-order chi connectivity index (χ0) is 58.3. The Kier molecular flexibility index (Phi) is 58.4. The number of aliphatic carboxylic acids is 1. The van der Waals surface area contributed by atoms with Crippen LogP contribution in [-0.4, -0.2) is 87.4 Å². The van der Waals surface area contributed by atoms with Crippen molar-refractivity contribution >= 4 is 17.9 Å². The number of carbonyl (C=O) groups excluding carboxylic acids is 2. The minimum atomic E-state index is -1.52. The first-order chi connectivity index (χ1) is 39.1. The van der Waals surface area contributed by atoms with Crippen molar-refractivity contribution in [2.45, 2.75) is 289 Å². The molecule has 9 heteroatoms. The van der Waals surface area contributed by atoms with Crippen molar-refractivity contribution in [2.75, 3.05) is 47.5 Å². The lowest BCUT2D eigenvalue weighted by atomic mass is 10.0. The maximum Gasteiger partial charge on any atom is 0.361 e. The molecule has 0 aromatic carbocycles. The summed E-state index contributed by atoms with van der Waals surface area (Å²) < 4.78 is 22.9. The topological polar surface area (TPSA) is 108 Å². The molecule has 1 N–H and O–H groups in total. The van der Waals surface area contributed by atoms with Crippen LogP contribution in [0.25, 0.3) is 0 Å². The number of carboxylic acids is 1. The van der Waals surface area contributed by atoms with Gasteiger partial charge in [0.05, 0.1) is 34.4 Å². The van der Waals surface area contributed by atoms with Crippen LogP contribution >= 0.6 is 0 Å². The second-order valence-corrected chi connectivity index (χ2v) is 23.1. The summed E-state index contributed by atoms with van der Waals surface area (Å²) in [6.45, 7) is 4.76. The average molecular weight is 1120 g/mol. The minimum absolute atomic E-state index is 0.179. The predicted molar refractivity (Wildman–Crippen MR) is 341 cm³/mol. The van der Waals surface area contributed by atoms with Crippen molar-refractivity contribution in [1.82, 2.24) is 0 Å². The van der Waals surface area contributed by atoms with Crippen molar-refractivity contribution in [3.05, 3.63) is 97.2 Å². The van der Waals surface area contributed by atoms with E-state index in [1.54, 1.807) is 0 Å². The number of nitrogens with zero attached hydrogens (tertiary/aromatic N) is 1. The van der Waals surface area contributed by atoms with Gasteiger partial charge in [-0.3, -0.25) is 9.59 Å². The summed E-state index contributed by atoms with van der Waals surface area (Å²) in [6, 6.07) is 0. The van der Waals surface area contributed by atoms with E-state index < -0.39 is 24.3 Å². The lowest BCUT2D eigenvalue weighted by Crippen LogP contribution is -2.40. The van der Waals surface area contributed by atoms with Crippen molar-refractivity contribution in [1.29, 1.82) is 0 Å². The number of allylic oxidation sites excluding steroid dienone is 16. The molecule has 0 fully saturated rings. The molecule has 0 saturated carbocycles. The lowest BCUT2D eigenvalue weighted by Gasteiger charge is -2.25. The number of quaternary nitrogens is 1. The molecular formula is C71H124NO8+. The number of ether oxygens (including phenoxy) is 4. The highest BCUT2D eigenvalue weighted by atomic mass is 16.7. The Morgan fingerprint density at radius 2 is 0.713 bits per heavy atom. The van der Waals surface area contributed by atoms with Gasteiger partial charge in [0.15, 0.2) is 6.10 Å². The molecule has 0 saturated heterocycles. The summed E-state index contributed by atoms with van der Waals surface area (Å²) in [6.07, 6.45) is 80.8. The Morgan fingerprint density at radius 3 is 1.06 bits per heavy atom. The first-order valence-electron chi connectivity index (χ1n) is 32.9. The molecule has 9 nitrogen and oxygen atoms in total. The van der Waals surface area contributed by atoms with Crippen LogP contribution in [0.4, 0.5) is 0 Å². The molecular weight excluding hydrogens is 995 g/mol. The molecule has 0 aliphatic carbocycles. The van der Waals surface area contributed by atoms with E-state index in [9.17, 15) is 19.5 Å². The molecule has 0 heterocycles. The van der Waals surface area contributed by atoms with Crippen LogP contribution in [0.1, 0.15) is 277 Å². The summed E-state index contributed by atoms with van der Waals surface area (Å²) >= 11 is 0. The summed E-state index contributed by atoms with van der Waals surface area (Å²) in [7, 11) is 5.96. The number of unbranched alkanes of at least 4 members (excludes halogenated alkanes) is 29. The smallest absolute Gasteiger partial charge is 0.361 e. The molecule has 460 valence electrons. The molecule has 0 aromatic heterocycles. The van der Waals surface area contributed by atoms with Gasteiger partial charge in [-0.15, -0.1) is 0 Å². The fraction of sp³-hybridized carbons (Fsp3) is 0.732. The quantitative estimate of drug-likeness (QED) is 0.0211. The highest BCUT2D eigenvalue weighted by molar-refractivity contribution is 5.71. The molecule has 0 aromatic rings. The van der Waals surface area contributed by atoms with Gasteiger partial charge in [0.2, 0.25) is 0 Å². The maximum atomic E-state index is 12.9. The second-order valence-electron chi connectivity index (χ2n) is 23.1. The van der Waals surface area contributed by atoms with E-state index in [1.807, 2.05) is 21.1 Å². The molecule has 0 aliphatic heterocycles. The number of rotatable bonds is 60.